The van der Waals surface area contributed by atoms with E-state index >= 15 is 0 Å². The van der Waals surface area contributed by atoms with Crippen molar-refractivity contribution in [3.05, 3.63) is 278 Å². The van der Waals surface area contributed by atoms with Crippen LogP contribution in [0.25, 0.3) is 100 Å². The van der Waals surface area contributed by atoms with Crippen LogP contribution in [0.3, 0.4) is 0 Å². The fourth-order valence-electron chi connectivity index (χ4n) is 11.7. The number of anilines is 6. The molecule has 6 nitrogen and oxygen atoms in total. The highest BCUT2D eigenvalue weighted by molar-refractivity contribution is 5.94. The number of nitrogens with zero attached hydrogens (tertiary/aromatic N) is 4. The summed E-state index contributed by atoms with van der Waals surface area (Å²) in [7, 11) is 0. The van der Waals surface area contributed by atoms with Crippen molar-refractivity contribution in [3.63, 3.8) is 0 Å². The van der Waals surface area contributed by atoms with Crippen LogP contribution in [0.2, 0.25) is 0 Å². The van der Waals surface area contributed by atoms with E-state index in [1.54, 1.807) is 0 Å². The molecule has 0 spiro atoms. The molecule has 12 aromatic carbocycles. The zero-order valence-electron chi connectivity index (χ0n) is 43.5. The maximum Gasteiger partial charge on any atom is 0.227 e. The monoisotopic (exact) mass is 1010 g/mol. The summed E-state index contributed by atoms with van der Waals surface area (Å²) >= 11 is 0. The molecule has 6 heteroatoms. The SMILES string of the molecule is CC1(C)c2cc(N(c3ccc(-c4ccc(-c5nc6ccccc6o5)cc4)cc3)c3ccc4ccccc4c3)ccc2-c2ccc(N(c3ccc(-c4ccc(-c5nc6ccccc6o5)cc4)cc3)c3ccc4ccccc4c3)cc21. The first kappa shape index (κ1) is 46.0. The predicted octanol–water partition coefficient (Wildman–Crippen LogP) is 20.2. The van der Waals surface area contributed by atoms with Gasteiger partial charge in [0.2, 0.25) is 11.8 Å². The van der Waals surface area contributed by atoms with Crippen molar-refractivity contribution in [1.82, 2.24) is 9.97 Å². The number of para-hydroxylation sites is 4. The summed E-state index contributed by atoms with van der Waals surface area (Å²) in [5.41, 5.74) is 21.0. The van der Waals surface area contributed by atoms with Gasteiger partial charge in [0.15, 0.2) is 11.2 Å². The van der Waals surface area contributed by atoms with Crippen molar-refractivity contribution < 1.29 is 8.83 Å². The Labute approximate surface area is 457 Å². The molecule has 1 aliphatic carbocycles. The van der Waals surface area contributed by atoms with Crippen molar-refractivity contribution in [1.29, 1.82) is 0 Å². The maximum absolute atomic E-state index is 6.08. The molecule has 0 aliphatic heterocycles. The molecule has 0 saturated carbocycles. The summed E-state index contributed by atoms with van der Waals surface area (Å²) in [5.74, 6) is 1.25. The van der Waals surface area contributed by atoms with Gasteiger partial charge in [-0.1, -0.05) is 159 Å². The molecule has 0 radical (unpaired) electrons. The van der Waals surface area contributed by atoms with Crippen LogP contribution in [0.5, 0.6) is 0 Å². The Morgan fingerprint density at radius 1 is 0.291 bits per heavy atom. The van der Waals surface area contributed by atoms with E-state index in [4.69, 9.17) is 18.8 Å². The van der Waals surface area contributed by atoms with E-state index in [0.29, 0.717) is 11.8 Å². The summed E-state index contributed by atoms with van der Waals surface area (Å²) < 4.78 is 12.2. The Morgan fingerprint density at radius 3 is 1.01 bits per heavy atom. The normalized spacial score (nSPS) is 12.5. The van der Waals surface area contributed by atoms with Crippen LogP contribution in [0.15, 0.2) is 276 Å². The van der Waals surface area contributed by atoms with Crippen LogP contribution in [-0.4, -0.2) is 9.97 Å². The van der Waals surface area contributed by atoms with Crippen LogP contribution in [0.4, 0.5) is 34.1 Å². The Morgan fingerprint density at radius 2 is 0.608 bits per heavy atom. The highest BCUT2D eigenvalue weighted by Crippen LogP contribution is 2.53. The molecule has 374 valence electrons. The van der Waals surface area contributed by atoms with Gasteiger partial charge in [-0.2, -0.15) is 0 Å². The molecular weight excluding hydrogens is 965 g/mol. The third-order valence-electron chi connectivity index (χ3n) is 15.9. The lowest BCUT2D eigenvalue weighted by atomic mass is 9.82. The molecule has 0 bridgehead atoms. The van der Waals surface area contributed by atoms with Crippen molar-refractivity contribution in [2.24, 2.45) is 0 Å². The average molecular weight is 1020 g/mol. The van der Waals surface area contributed by atoms with E-state index in [1.165, 1.54) is 43.8 Å². The van der Waals surface area contributed by atoms with E-state index in [9.17, 15) is 0 Å². The average Bonchev–Trinajstić information content (AvgIpc) is 4.28. The molecule has 0 unspecified atom stereocenters. The van der Waals surface area contributed by atoms with Crippen LogP contribution < -0.4 is 9.80 Å². The van der Waals surface area contributed by atoms with Gasteiger partial charge in [-0.15, -0.1) is 0 Å². The number of hydrogen-bond donors (Lipinski definition) is 0. The first-order valence-electron chi connectivity index (χ1n) is 26.8. The summed E-state index contributed by atoms with van der Waals surface area (Å²) in [6, 6.07) is 95.4. The van der Waals surface area contributed by atoms with E-state index in [2.05, 4.69) is 242 Å². The van der Waals surface area contributed by atoms with Gasteiger partial charge in [0.05, 0.1) is 0 Å². The number of rotatable bonds is 10. The summed E-state index contributed by atoms with van der Waals surface area (Å²) in [6.45, 7) is 4.75. The van der Waals surface area contributed by atoms with Gasteiger partial charge < -0.3 is 18.6 Å². The Bertz CT molecular complexity index is 4270. The lowest BCUT2D eigenvalue weighted by molar-refractivity contribution is 0.619. The molecule has 0 atom stereocenters. The molecule has 1 aliphatic rings. The van der Waals surface area contributed by atoms with Gasteiger partial charge in [0.25, 0.3) is 0 Å². The van der Waals surface area contributed by atoms with Crippen molar-refractivity contribution in [2.75, 3.05) is 9.80 Å². The molecule has 0 amide bonds. The third kappa shape index (κ3) is 8.12. The van der Waals surface area contributed by atoms with Gasteiger partial charge in [-0.3, -0.25) is 0 Å². The van der Waals surface area contributed by atoms with Crippen LogP contribution in [-0.2, 0) is 5.41 Å². The second-order valence-corrected chi connectivity index (χ2v) is 21.0. The van der Waals surface area contributed by atoms with E-state index in [0.717, 1.165) is 89.7 Å². The van der Waals surface area contributed by atoms with Crippen molar-refractivity contribution >= 4 is 77.9 Å². The Hall–Kier alpha value is -10.3. The molecule has 0 fully saturated rings. The molecule has 0 saturated heterocycles. The third-order valence-corrected chi connectivity index (χ3v) is 15.9. The largest absolute Gasteiger partial charge is 0.436 e. The maximum atomic E-state index is 6.08. The zero-order chi connectivity index (χ0) is 52.6. The van der Waals surface area contributed by atoms with Gasteiger partial charge >= 0.3 is 0 Å². The number of oxazole rings is 2. The zero-order valence-corrected chi connectivity index (χ0v) is 43.5. The fraction of sp³-hybridized carbons (Fsp3) is 0.0411. The predicted molar refractivity (Wildman–Crippen MR) is 325 cm³/mol. The molecular formula is C73H50N4O2. The molecule has 0 N–H and O–H groups in total. The minimum absolute atomic E-state index is 0.317. The Balaban J connectivity index is 0.766. The van der Waals surface area contributed by atoms with Crippen LogP contribution >= 0.6 is 0 Å². The molecule has 14 aromatic rings. The molecule has 79 heavy (non-hydrogen) atoms. The van der Waals surface area contributed by atoms with Gasteiger partial charge in [-0.05, 0) is 187 Å². The van der Waals surface area contributed by atoms with Crippen molar-refractivity contribution in [2.45, 2.75) is 19.3 Å². The second kappa shape index (κ2) is 18.5. The first-order chi connectivity index (χ1) is 38.8. The first-order valence-corrected chi connectivity index (χ1v) is 26.8. The van der Waals surface area contributed by atoms with E-state index in [-0.39, 0.29) is 5.41 Å². The number of aromatic nitrogens is 2. The van der Waals surface area contributed by atoms with Crippen LogP contribution in [0.1, 0.15) is 25.0 Å². The highest BCUT2D eigenvalue weighted by Gasteiger charge is 2.37. The molecule has 2 aromatic heterocycles. The number of fused-ring (bicyclic) bond motifs is 7. The lowest BCUT2D eigenvalue weighted by Gasteiger charge is -2.29. The Kier molecular flexibility index (Phi) is 10.8. The van der Waals surface area contributed by atoms with Gasteiger partial charge in [0, 0.05) is 50.7 Å². The minimum Gasteiger partial charge on any atom is -0.436 e. The number of benzene rings is 12. The standard InChI is InChI=1S/C73H50N4O2/c1-73(2)65-45-61(76(59-37-31-47-11-3-5-13-55(47)43-59)57-33-27-51(28-34-57)49-19-23-53(24-20-49)71-74-67-15-7-9-17-69(67)78-71)39-41-63(65)64-42-40-62(46-66(64)73)77(60-38-32-48-12-4-6-14-56(48)44-60)58-35-29-52(30-36-58)50-21-25-54(26-22-50)72-75-68-16-8-10-18-70(68)79-72/h3-46H,1-2H3. The molecule has 15 rings (SSSR count). The lowest BCUT2D eigenvalue weighted by Crippen LogP contribution is -2.17. The quantitative estimate of drug-likeness (QED) is 0.136. The van der Waals surface area contributed by atoms with Gasteiger partial charge in [0.1, 0.15) is 11.0 Å². The van der Waals surface area contributed by atoms with Gasteiger partial charge in [-0.25, -0.2) is 9.97 Å². The smallest absolute Gasteiger partial charge is 0.227 e. The van der Waals surface area contributed by atoms with E-state index < -0.39 is 0 Å². The highest BCUT2D eigenvalue weighted by atomic mass is 16.4. The van der Waals surface area contributed by atoms with Crippen molar-refractivity contribution in [3.8, 4) is 56.3 Å². The topological polar surface area (TPSA) is 58.5 Å². The number of hydrogen-bond acceptors (Lipinski definition) is 6. The summed E-state index contributed by atoms with van der Waals surface area (Å²) in [6.07, 6.45) is 0. The summed E-state index contributed by atoms with van der Waals surface area (Å²) in [5, 5.41) is 4.81. The minimum atomic E-state index is -0.317. The summed E-state index contributed by atoms with van der Waals surface area (Å²) in [4.78, 5) is 14.2. The van der Waals surface area contributed by atoms with E-state index in [1.807, 2.05) is 48.5 Å². The second-order valence-electron chi connectivity index (χ2n) is 21.0. The fourth-order valence-corrected chi connectivity index (χ4v) is 11.7. The van der Waals surface area contributed by atoms with Crippen LogP contribution in [0, 0.1) is 0 Å². The molecule has 2 heterocycles.